The van der Waals surface area contributed by atoms with Crippen molar-refractivity contribution >= 4 is 34.1 Å². The normalized spacial score (nSPS) is 15.0. The van der Waals surface area contributed by atoms with Gasteiger partial charge in [-0.3, -0.25) is 0 Å². The van der Waals surface area contributed by atoms with Crippen LogP contribution < -0.4 is 9.80 Å². The van der Waals surface area contributed by atoms with Crippen LogP contribution in [0, 0.1) is 0 Å². The summed E-state index contributed by atoms with van der Waals surface area (Å²) in [6.45, 7) is 9.49. The molecular weight excluding hydrogens is 833 g/mol. The molecule has 0 saturated heterocycles. The van der Waals surface area contributed by atoms with Gasteiger partial charge in [-0.1, -0.05) is 210 Å². The summed E-state index contributed by atoms with van der Waals surface area (Å²) in [6.07, 6.45) is 0. The molecule has 0 atom stereocenters. The molecule has 0 aromatic heterocycles. The SMILES string of the molecule is CC1(C)c2ccccc2-c2ccc(N(c3ccc(-c4ccccc4)cc3)c3ccc(N4c5ccccc5C(c5ccccc5)(c5ccc6c(c5)C(C)(C)c5ccccc5-6)c5ccccc54)cc3)cc21. The van der Waals surface area contributed by atoms with Gasteiger partial charge < -0.3 is 9.80 Å². The minimum Gasteiger partial charge on any atom is -0.310 e. The molecule has 0 radical (unpaired) electrons. The molecular formula is C67H52N2. The third-order valence-corrected chi connectivity index (χ3v) is 15.7. The highest BCUT2D eigenvalue weighted by atomic mass is 15.2. The zero-order valence-corrected chi connectivity index (χ0v) is 39.5. The minimum atomic E-state index is -0.589. The van der Waals surface area contributed by atoms with Gasteiger partial charge in [-0.15, -0.1) is 0 Å². The number of hydrogen-bond donors (Lipinski definition) is 0. The average molecular weight is 885 g/mol. The van der Waals surface area contributed by atoms with Crippen molar-refractivity contribution < 1.29 is 0 Å². The van der Waals surface area contributed by atoms with Crippen LogP contribution in [0.2, 0.25) is 0 Å². The number of rotatable bonds is 7. The fraction of sp³-hybridized carbons (Fsp3) is 0.104. The summed E-state index contributed by atoms with van der Waals surface area (Å²) >= 11 is 0. The molecule has 2 heteroatoms. The maximum atomic E-state index is 2.53. The number of anilines is 6. The lowest BCUT2D eigenvalue weighted by molar-refractivity contribution is 0.654. The quantitative estimate of drug-likeness (QED) is 0.157. The van der Waals surface area contributed by atoms with Gasteiger partial charge >= 0.3 is 0 Å². The van der Waals surface area contributed by atoms with Gasteiger partial charge in [-0.05, 0) is 139 Å². The molecule has 2 nitrogen and oxygen atoms in total. The Hall–Kier alpha value is -8.20. The standard InChI is InChI=1S/C67H52N2/c1-65(2)57-25-13-11-23-53(57)55-41-33-48(43-61(55)65)67(47-21-9-6-10-22-47)59-27-15-17-29-63(59)69(64-30-18-16-28-60(64)67)51-38-36-50(37-39-51)68(49-34-31-46(32-35-49)45-19-7-5-8-20-45)52-40-42-56-54-24-12-14-26-58(54)66(3,4)62(56)44-52/h5-44H,1-4H3. The maximum absolute atomic E-state index is 2.53. The molecule has 3 aliphatic rings. The van der Waals surface area contributed by atoms with Gasteiger partial charge in [-0.25, -0.2) is 0 Å². The molecule has 0 spiro atoms. The first kappa shape index (κ1) is 41.0. The third kappa shape index (κ3) is 6.04. The van der Waals surface area contributed by atoms with Crippen molar-refractivity contribution in [3.63, 3.8) is 0 Å². The predicted molar refractivity (Wildman–Crippen MR) is 288 cm³/mol. The molecule has 1 heterocycles. The van der Waals surface area contributed by atoms with Gasteiger partial charge in [0.25, 0.3) is 0 Å². The first-order valence-electron chi connectivity index (χ1n) is 24.3. The van der Waals surface area contributed by atoms with E-state index < -0.39 is 5.41 Å². The molecule has 10 aromatic carbocycles. The smallest absolute Gasteiger partial charge is 0.0742 e. The highest BCUT2D eigenvalue weighted by Gasteiger charge is 2.48. The van der Waals surface area contributed by atoms with Crippen LogP contribution in [0.5, 0.6) is 0 Å². The monoisotopic (exact) mass is 884 g/mol. The van der Waals surface area contributed by atoms with E-state index in [1.807, 2.05) is 0 Å². The van der Waals surface area contributed by atoms with E-state index in [-0.39, 0.29) is 10.8 Å². The minimum absolute atomic E-state index is 0.125. The Balaban J connectivity index is 0.959. The Labute approximate surface area is 406 Å². The summed E-state index contributed by atoms with van der Waals surface area (Å²) in [5.41, 5.74) is 24.2. The van der Waals surface area contributed by atoms with Crippen molar-refractivity contribution in [2.24, 2.45) is 0 Å². The van der Waals surface area contributed by atoms with Gasteiger partial charge in [0, 0.05) is 33.6 Å². The Morgan fingerprint density at radius 3 is 1.30 bits per heavy atom. The van der Waals surface area contributed by atoms with E-state index in [1.54, 1.807) is 0 Å². The Morgan fingerprint density at radius 2 is 0.725 bits per heavy atom. The molecule has 0 fully saturated rings. The van der Waals surface area contributed by atoms with E-state index >= 15 is 0 Å². The predicted octanol–water partition coefficient (Wildman–Crippen LogP) is 17.6. The number of para-hydroxylation sites is 2. The van der Waals surface area contributed by atoms with Crippen molar-refractivity contribution in [1.82, 2.24) is 0 Å². The summed E-state index contributed by atoms with van der Waals surface area (Å²) in [4.78, 5) is 4.90. The van der Waals surface area contributed by atoms with E-state index in [2.05, 4.69) is 280 Å². The lowest BCUT2D eigenvalue weighted by Gasteiger charge is -2.46. The summed E-state index contributed by atoms with van der Waals surface area (Å²) in [5.74, 6) is 0. The van der Waals surface area contributed by atoms with Crippen molar-refractivity contribution in [3.05, 3.63) is 287 Å². The molecule has 69 heavy (non-hydrogen) atoms. The van der Waals surface area contributed by atoms with Crippen molar-refractivity contribution in [2.45, 2.75) is 43.9 Å². The molecule has 0 saturated carbocycles. The largest absolute Gasteiger partial charge is 0.310 e. The topological polar surface area (TPSA) is 6.48 Å². The first-order chi connectivity index (χ1) is 33.7. The van der Waals surface area contributed by atoms with Crippen LogP contribution in [0.3, 0.4) is 0 Å². The second-order valence-electron chi connectivity index (χ2n) is 20.1. The van der Waals surface area contributed by atoms with E-state index in [1.165, 1.54) is 89.3 Å². The fourth-order valence-corrected chi connectivity index (χ4v) is 12.4. The van der Waals surface area contributed by atoms with Crippen molar-refractivity contribution in [2.75, 3.05) is 9.80 Å². The zero-order valence-electron chi connectivity index (χ0n) is 39.5. The van der Waals surface area contributed by atoms with Crippen LogP contribution in [0.4, 0.5) is 34.1 Å². The van der Waals surface area contributed by atoms with Gasteiger partial charge in [0.1, 0.15) is 0 Å². The molecule has 13 rings (SSSR count). The van der Waals surface area contributed by atoms with E-state index in [4.69, 9.17) is 0 Å². The van der Waals surface area contributed by atoms with Gasteiger partial charge in [0.05, 0.1) is 16.8 Å². The van der Waals surface area contributed by atoms with Gasteiger partial charge in [-0.2, -0.15) is 0 Å². The third-order valence-electron chi connectivity index (χ3n) is 15.7. The summed E-state index contributed by atoms with van der Waals surface area (Å²) in [6, 6.07) is 90.5. The molecule has 330 valence electrons. The molecule has 0 bridgehead atoms. The highest BCUT2D eigenvalue weighted by Crippen LogP contribution is 2.60. The van der Waals surface area contributed by atoms with Crippen LogP contribution in [0.25, 0.3) is 33.4 Å². The maximum Gasteiger partial charge on any atom is 0.0742 e. The van der Waals surface area contributed by atoms with Gasteiger partial charge in [0.15, 0.2) is 0 Å². The van der Waals surface area contributed by atoms with Crippen LogP contribution in [-0.4, -0.2) is 0 Å². The van der Waals surface area contributed by atoms with Crippen molar-refractivity contribution in [3.8, 4) is 33.4 Å². The van der Waals surface area contributed by atoms with E-state index in [0.717, 1.165) is 22.7 Å². The van der Waals surface area contributed by atoms with Crippen LogP contribution in [0.1, 0.15) is 72.2 Å². The zero-order chi connectivity index (χ0) is 46.5. The summed E-state index contributed by atoms with van der Waals surface area (Å²) < 4.78 is 0. The number of benzene rings is 10. The lowest BCUT2D eigenvalue weighted by Crippen LogP contribution is -2.38. The van der Waals surface area contributed by atoms with Crippen LogP contribution >= 0.6 is 0 Å². The number of fused-ring (bicyclic) bond motifs is 8. The van der Waals surface area contributed by atoms with E-state index in [9.17, 15) is 0 Å². The second-order valence-corrected chi connectivity index (χ2v) is 20.1. The second kappa shape index (κ2) is 15.4. The van der Waals surface area contributed by atoms with Crippen molar-refractivity contribution in [1.29, 1.82) is 0 Å². The molecule has 10 aromatic rings. The Morgan fingerprint density at radius 1 is 0.304 bits per heavy atom. The number of nitrogens with zero attached hydrogens (tertiary/aromatic N) is 2. The Kier molecular flexibility index (Phi) is 9.17. The van der Waals surface area contributed by atoms with Crippen LogP contribution in [0.15, 0.2) is 243 Å². The lowest BCUT2D eigenvalue weighted by atomic mass is 9.62. The summed E-state index contributed by atoms with van der Waals surface area (Å²) in [7, 11) is 0. The Bertz CT molecular complexity index is 3550. The fourth-order valence-electron chi connectivity index (χ4n) is 12.4. The first-order valence-corrected chi connectivity index (χ1v) is 24.3. The number of hydrogen-bond acceptors (Lipinski definition) is 2. The molecule has 0 N–H and O–H groups in total. The average Bonchev–Trinajstić information content (AvgIpc) is 3.78. The van der Waals surface area contributed by atoms with Crippen LogP contribution in [-0.2, 0) is 16.2 Å². The van der Waals surface area contributed by atoms with E-state index in [0.29, 0.717) is 0 Å². The summed E-state index contributed by atoms with van der Waals surface area (Å²) in [5, 5.41) is 0. The molecule has 2 aliphatic carbocycles. The molecule has 0 amide bonds. The van der Waals surface area contributed by atoms with Gasteiger partial charge in [0.2, 0.25) is 0 Å². The molecule has 1 aliphatic heterocycles. The highest BCUT2D eigenvalue weighted by molar-refractivity contribution is 5.92. The molecule has 0 unspecified atom stereocenters.